The Hall–Kier alpha value is -1.80. The van der Waals surface area contributed by atoms with Crippen LogP contribution in [0.15, 0.2) is 6.33 Å². The quantitative estimate of drug-likeness (QED) is 0.784. The number of aromatic amines is 1. The topological polar surface area (TPSA) is 104 Å². The van der Waals surface area contributed by atoms with E-state index in [1.165, 1.54) is 24.1 Å². The number of aliphatic hydroxyl groups excluding tert-OH is 1. The number of H-pyrrole nitrogens is 1. The highest BCUT2D eigenvalue weighted by molar-refractivity contribution is 7.17. The Morgan fingerprint density at radius 3 is 3.04 bits per heavy atom. The molecule has 2 bridgehead atoms. The molecule has 4 unspecified atom stereocenters. The Kier molecular flexibility index (Phi) is 3.65. The van der Waals surface area contributed by atoms with Crippen molar-refractivity contribution >= 4 is 17.2 Å². The number of thiazole rings is 1. The van der Waals surface area contributed by atoms with E-state index >= 15 is 0 Å². The number of hydrogen-bond acceptors (Lipinski definition) is 6. The zero-order valence-electron chi connectivity index (χ0n) is 12.8. The number of nitrogens with zero attached hydrogens (tertiary/aromatic N) is 3. The number of hydrogen-bond donors (Lipinski definition) is 3. The molecule has 8 heteroatoms. The largest absolute Gasteiger partial charge is 0.396 e. The molecule has 0 aromatic carbocycles. The number of nitrogens with one attached hydrogen (secondary N) is 2. The molecule has 0 radical (unpaired) electrons. The van der Waals surface area contributed by atoms with Crippen LogP contribution in [0.4, 0.5) is 0 Å². The van der Waals surface area contributed by atoms with Gasteiger partial charge in [0, 0.05) is 18.6 Å². The fourth-order valence-corrected chi connectivity index (χ4v) is 5.05. The van der Waals surface area contributed by atoms with Crippen LogP contribution < -0.4 is 5.32 Å². The predicted molar refractivity (Wildman–Crippen MR) is 84.9 cm³/mol. The average Bonchev–Trinajstić information content (AvgIpc) is 3.30. The molecule has 1 amide bonds. The summed E-state index contributed by atoms with van der Waals surface area (Å²) < 4.78 is 0. The maximum absolute atomic E-state index is 12.7. The first-order valence-corrected chi connectivity index (χ1v) is 8.74. The van der Waals surface area contributed by atoms with Gasteiger partial charge in [0.1, 0.15) is 11.2 Å². The summed E-state index contributed by atoms with van der Waals surface area (Å²) >= 11 is 1.32. The van der Waals surface area contributed by atoms with Crippen molar-refractivity contribution in [3.8, 4) is 10.8 Å². The second kappa shape index (κ2) is 5.68. The molecule has 2 aromatic heterocycles. The molecule has 3 N–H and O–H groups in total. The molecule has 0 saturated heterocycles. The highest BCUT2D eigenvalue weighted by atomic mass is 32.1. The van der Waals surface area contributed by atoms with E-state index < -0.39 is 0 Å². The van der Waals surface area contributed by atoms with Gasteiger partial charge in [-0.1, -0.05) is 0 Å². The highest BCUT2D eigenvalue weighted by Gasteiger charge is 2.47. The summed E-state index contributed by atoms with van der Waals surface area (Å²) in [5, 5.41) is 20.0. The van der Waals surface area contributed by atoms with Crippen molar-refractivity contribution < 1.29 is 9.90 Å². The first kappa shape index (κ1) is 14.8. The van der Waals surface area contributed by atoms with Crippen molar-refractivity contribution in [3.63, 3.8) is 0 Å². The number of rotatable bonds is 4. The van der Waals surface area contributed by atoms with Crippen LogP contribution in [0.25, 0.3) is 10.8 Å². The third kappa shape index (κ3) is 2.46. The third-order valence-corrected chi connectivity index (χ3v) is 6.38. The van der Waals surface area contributed by atoms with Gasteiger partial charge in [-0.3, -0.25) is 9.89 Å². The van der Waals surface area contributed by atoms with E-state index in [1.54, 1.807) is 0 Å². The molecule has 23 heavy (non-hydrogen) atoms. The summed E-state index contributed by atoms with van der Waals surface area (Å²) in [6, 6.07) is 0.0847. The second-order valence-corrected chi connectivity index (χ2v) is 7.45. The molecule has 7 nitrogen and oxygen atoms in total. The molecule has 2 heterocycles. The number of aliphatic hydroxyl groups is 1. The molecule has 4 rings (SSSR count). The van der Waals surface area contributed by atoms with Gasteiger partial charge in [-0.25, -0.2) is 9.97 Å². The van der Waals surface area contributed by atoms with Crippen LogP contribution >= 0.6 is 11.3 Å². The molecule has 0 spiro atoms. The normalized spacial score (nSPS) is 29.1. The molecule has 2 aliphatic carbocycles. The number of carbonyl (C=O) groups excluding carboxylic acids is 1. The van der Waals surface area contributed by atoms with Crippen molar-refractivity contribution in [2.45, 2.75) is 32.2 Å². The fraction of sp³-hybridized carbons (Fsp3) is 0.600. The Bertz CT molecular complexity index is 714. The van der Waals surface area contributed by atoms with Gasteiger partial charge in [-0.2, -0.15) is 5.10 Å². The first-order chi connectivity index (χ1) is 11.2. The predicted octanol–water partition coefficient (Wildman–Crippen LogP) is 1.37. The molecular formula is C15H19N5O2S. The molecule has 2 fully saturated rings. The Morgan fingerprint density at radius 1 is 1.48 bits per heavy atom. The Balaban J connectivity index is 1.53. The lowest BCUT2D eigenvalue weighted by atomic mass is 9.85. The minimum absolute atomic E-state index is 0.0847. The number of fused-ring (bicyclic) bond motifs is 2. The van der Waals surface area contributed by atoms with Crippen LogP contribution in [0, 0.1) is 24.7 Å². The van der Waals surface area contributed by atoms with E-state index in [4.69, 9.17) is 0 Å². The summed E-state index contributed by atoms with van der Waals surface area (Å²) in [6.07, 6.45) is 4.88. The molecule has 4 atom stereocenters. The molecule has 2 aromatic rings. The van der Waals surface area contributed by atoms with Crippen molar-refractivity contribution in [1.82, 2.24) is 25.5 Å². The smallest absolute Gasteiger partial charge is 0.263 e. The molecule has 0 aliphatic heterocycles. The number of carbonyl (C=O) groups is 1. The van der Waals surface area contributed by atoms with Gasteiger partial charge in [0.2, 0.25) is 0 Å². The van der Waals surface area contributed by atoms with Crippen LogP contribution in [0.1, 0.15) is 34.6 Å². The maximum atomic E-state index is 12.7. The van der Waals surface area contributed by atoms with Gasteiger partial charge in [0.25, 0.3) is 5.91 Å². The summed E-state index contributed by atoms with van der Waals surface area (Å²) in [6.45, 7) is 1.98. The van der Waals surface area contributed by atoms with Gasteiger partial charge in [0.15, 0.2) is 10.8 Å². The minimum atomic E-state index is -0.0956. The van der Waals surface area contributed by atoms with Crippen LogP contribution in [-0.2, 0) is 0 Å². The zero-order valence-corrected chi connectivity index (χ0v) is 13.6. The first-order valence-electron chi connectivity index (χ1n) is 7.92. The maximum Gasteiger partial charge on any atom is 0.263 e. The van der Waals surface area contributed by atoms with Crippen molar-refractivity contribution in [2.75, 3.05) is 6.61 Å². The SMILES string of the molecule is Cc1nc(-c2ncn[nH]2)sc1C(=O)NC1C2CCC(C2)C1CO. The van der Waals surface area contributed by atoms with E-state index in [-0.39, 0.29) is 24.5 Å². The molecule has 2 saturated carbocycles. The lowest BCUT2D eigenvalue weighted by molar-refractivity contribution is 0.0865. The van der Waals surface area contributed by atoms with Gasteiger partial charge < -0.3 is 10.4 Å². The summed E-state index contributed by atoms with van der Waals surface area (Å²) in [5.74, 6) is 1.73. The zero-order chi connectivity index (χ0) is 16.0. The minimum Gasteiger partial charge on any atom is -0.396 e. The fourth-order valence-electron chi connectivity index (χ4n) is 4.13. The van der Waals surface area contributed by atoms with Crippen LogP contribution in [0.3, 0.4) is 0 Å². The van der Waals surface area contributed by atoms with Crippen molar-refractivity contribution in [3.05, 3.63) is 16.9 Å². The number of aromatic nitrogens is 4. The lowest BCUT2D eigenvalue weighted by Crippen LogP contribution is -2.45. The molecule has 122 valence electrons. The van der Waals surface area contributed by atoms with Gasteiger partial charge in [-0.15, -0.1) is 11.3 Å². The second-order valence-electron chi connectivity index (χ2n) is 6.45. The highest BCUT2D eigenvalue weighted by Crippen LogP contribution is 2.48. The standard InChI is InChI=1S/C15H19N5O2S/c1-7-12(23-15(18-7)13-16-6-17-20-13)14(22)19-11-9-3-2-8(4-9)10(11)5-21/h6,8-11,21H,2-5H2,1H3,(H,19,22)(H,16,17,20). The lowest BCUT2D eigenvalue weighted by Gasteiger charge is -2.30. The van der Waals surface area contributed by atoms with Crippen LogP contribution in [-0.4, -0.2) is 43.8 Å². The summed E-state index contributed by atoms with van der Waals surface area (Å²) in [4.78, 5) is 21.8. The van der Waals surface area contributed by atoms with E-state index in [9.17, 15) is 9.90 Å². The van der Waals surface area contributed by atoms with Gasteiger partial charge >= 0.3 is 0 Å². The van der Waals surface area contributed by atoms with E-state index in [1.807, 2.05) is 6.92 Å². The van der Waals surface area contributed by atoms with Gasteiger partial charge in [0.05, 0.1) is 5.69 Å². The monoisotopic (exact) mass is 333 g/mol. The number of aryl methyl sites for hydroxylation is 1. The van der Waals surface area contributed by atoms with Crippen molar-refractivity contribution in [1.29, 1.82) is 0 Å². The van der Waals surface area contributed by atoms with E-state index in [0.717, 1.165) is 12.8 Å². The molecular weight excluding hydrogens is 314 g/mol. The Labute approximate surface area is 137 Å². The molecule has 2 aliphatic rings. The van der Waals surface area contributed by atoms with E-state index in [0.29, 0.717) is 33.2 Å². The Morgan fingerprint density at radius 2 is 2.30 bits per heavy atom. The average molecular weight is 333 g/mol. The summed E-state index contributed by atoms with van der Waals surface area (Å²) in [5.41, 5.74) is 0.697. The van der Waals surface area contributed by atoms with E-state index in [2.05, 4.69) is 25.5 Å². The summed E-state index contributed by atoms with van der Waals surface area (Å²) in [7, 11) is 0. The van der Waals surface area contributed by atoms with Crippen LogP contribution in [0.5, 0.6) is 0 Å². The van der Waals surface area contributed by atoms with Gasteiger partial charge in [-0.05, 0) is 38.0 Å². The van der Waals surface area contributed by atoms with Crippen LogP contribution in [0.2, 0.25) is 0 Å². The third-order valence-electron chi connectivity index (χ3n) is 5.22. The van der Waals surface area contributed by atoms with Crippen molar-refractivity contribution in [2.24, 2.45) is 17.8 Å². The number of amides is 1.